The van der Waals surface area contributed by atoms with Gasteiger partial charge in [-0.3, -0.25) is 4.79 Å². The molecule has 1 heterocycles. The molecule has 0 bridgehead atoms. The number of benzene rings is 1. The first-order valence-electron chi connectivity index (χ1n) is 11.3. The predicted octanol–water partition coefficient (Wildman–Crippen LogP) is 4.00. The molecule has 0 aromatic heterocycles. The molecule has 1 aromatic carbocycles. The Hall–Kier alpha value is -1.74. The molecule has 7 nitrogen and oxygen atoms in total. The van der Waals surface area contributed by atoms with Crippen LogP contribution in [0, 0.1) is 5.92 Å². The lowest BCUT2D eigenvalue weighted by molar-refractivity contribution is -0.137. The van der Waals surface area contributed by atoms with Crippen LogP contribution in [0.15, 0.2) is 30.3 Å². The molecule has 8 heteroatoms. The van der Waals surface area contributed by atoms with Crippen LogP contribution in [-0.2, 0) is 25.1 Å². The first kappa shape index (κ1) is 26.5. The van der Waals surface area contributed by atoms with Gasteiger partial charge < -0.3 is 19.0 Å². The Morgan fingerprint density at radius 1 is 1.28 bits per heavy atom. The largest absolute Gasteiger partial charge is 0.447 e. The van der Waals surface area contributed by atoms with Crippen LogP contribution >= 0.6 is 0 Å². The van der Waals surface area contributed by atoms with Gasteiger partial charge in [0.1, 0.15) is 6.61 Å². The van der Waals surface area contributed by atoms with Crippen LogP contribution in [0.25, 0.3) is 0 Å². The van der Waals surface area contributed by atoms with Gasteiger partial charge in [0.15, 0.2) is 8.32 Å². The van der Waals surface area contributed by atoms with Crippen molar-refractivity contribution in [1.82, 2.24) is 4.90 Å². The molecule has 1 aliphatic heterocycles. The molecule has 180 valence electrons. The Balaban J connectivity index is 2.07. The zero-order chi connectivity index (χ0) is 24.1. The van der Waals surface area contributed by atoms with E-state index < -0.39 is 32.3 Å². The number of aliphatic hydroxyl groups excluding tert-OH is 1. The van der Waals surface area contributed by atoms with E-state index in [0.29, 0.717) is 13.0 Å². The lowest BCUT2D eigenvalue weighted by Gasteiger charge is -2.40. The van der Waals surface area contributed by atoms with Crippen LogP contribution in [0.5, 0.6) is 0 Å². The van der Waals surface area contributed by atoms with Crippen molar-refractivity contribution in [3.05, 3.63) is 35.9 Å². The van der Waals surface area contributed by atoms with Gasteiger partial charge in [-0.15, -0.1) is 0 Å². The van der Waals surface area contributed by atoms with Crippen molar-refractivity contribution in [2.45, 2.75) is 76.9 Å². The van der Waals surface area contributed by atoms with Crippen LogP contribution in [0.1, 0.15) is 39.7 Å². The summed E-state index contributed by atoms with van der Waals surface area (Å²) in [5.41, 5.74) is 1.02. The average Bonchev–Trinajstić information content (AvgIpc) is 3.06. The van der Waals surface area contributed by atoms with Crippen LogP contribution in [0.2, 0.25) is 18.1 Å². The van der Waals surface area contributed by atoms with Crippen LogP contribution in [-0.4, -0.2) is 68.9 Å². The lowest BCUT2D eigenvalue weighted by Crippen LogP contribution is -2.48. The van der Waals surface area contributed by atoms with Crippen molar-refractivity contribution in [2.24, 2.45) is 5.92 Å². The third-order valence-corrected chi connectivity index (χ3v) is 11.1. The summed E-state index contributed by atoms with van der Waals surface area (Å²) in [4.78, 5) is 26.7. The number of ether oxygens (including phenoxy) is 2. The molecule has 1 saturated heterocycles. The number of rotatable bonds is 10. The van der Waals surface area contributed by atoms with Crippen molar-refractivity contribution < 1.29 is 28.6 Å². The van der Waals surface area contributed by atoms with E-state index in [0.717, 1.165) is 5.56 Å². The van der Waals surface area contributed by atoms with Gasteiger partial charge in [-0.1, -0.05) is 58.0 Å². The van der Waals surface area contributed by atoms with Gasteiger partial charge in [0.2, 0.25) is 5.91 Å². The number of carbonyl (C=O) groups excluding carboxylic acids is 2. The number of hydrogen-bond donors (Lipinski definition) is 1. The zero-order valence-corrected chi connectivity index (χ0v) is 21.5. The number of carbonyl (C=O) groups is 2. The van der Waals surface area contributed by atoms with E-state index in [1.807, 2.05) is 30.3 Å². The summed E-state index contributed by atoms with van der Waals surface area (Å²) in [5, 5.41) is 10.9. The SMILES string of the molecule is COC[C@@H](C[C@@H](O)[C@H](C)C(=O)N1C(=O)OC[C@@H]1Cc1ccccc1)O[Si](C)(C)C(C)(C)C. The van der Waals surface area contributed by atoms with Gasteiger partial charge in [-0.05, 0) is 30.1 Å². The Kier molecular flexibility index (Phi) is 9.04. The molecular weight excluding hydrogens is 426 g/mol. The Bertz CT molecular complexity index is 764. The maximum Gasteiger partial charge on any atom is 0.416 e. The van der Waals surface area contributed by atoms with E-state index in [1.165, 1.54) is 4.90 Å². The maximum absolute atomic E-state index is 13.2. The highest BCUT2D eigenvalue weighted by Gasteiger charge is 2.43. The fourth-order valence-electron chi connectivity index (χ4n) is 3.55. The monoisotopic (exact) mass is 465 g/mol. The van der Waals surface area contributed by atoms with E-state index in [9.17, 15) is 14.7 Å². The molecule has 1 fully saturated rings. The highest BCUT2D eigenvalue weighted by molar-refractivity contribution is 6.74. The van der Waals surface area contributed by atoms with Crippen molar-refractivity contribution >= 4 is 20.3 Å². The highest BCUT2D eigenvalue weighted by atomic mass is 28.4. The van der Waals surface area contributed by atoms with E-state index in [1.54, 1.807) is 14.0 Å². The standard InChI is InChI=1S/C24H39NO6Si/c1-17(21(26)14-20(16-29-5)31-32(6,7)24(2,3)4)22(27)25-19(15-30-23(25)28)13-18-11-9-8-10-12-18/h8-12,17,19-21,26H,13-16H2,1-7H3/t17-,19-,20+,21+/m0/s1. The second kappa shape index (κ2) is 10.9. The van der Waals surface area contributed by atoms with E-state index in [2.05, 4.69) is 33.9 Å². The summed E-state index contributed by atoms with van der Waals surface area (Å²) in [5.74, 6) is -1.20. The topological polar surface area (TPSA) is 85.3 Å². The van der Waals surface area contributed by atoms with Gasteiger partial charge in [0.05, 0.1) is 30.8 Å². The van der Waals surface area contributed by atoms with Crippen molar-refractivity contribution in [2.75, 3.05) is 20.3 Å². The van der Waals surface area contributed by atoms with E-state index in [4.69, 9.17) is 13.9 Å². The van der Waals surface area contributed by atoms with Crippen molar-refractivity contribution in [3.8, 4) is 0 Å². The number of nitrogens with zero attached hydrogens (tertiary/aromatic N) is 1. The van der Waals surface area contributed by atoms with Crippen LogP contribution < -0.4 is 0 Å². The Morgan fingerprint density at radius 2 is 1.91 bits per heavy atom. The zero-order valence-electron chi connectivity index (χ0n) is 20.5. The molecule has 2 rings (SSSR count). The summed E-state index contributed by atoms with van der Waals surface area (Å²) in [6, 6.07) is 9.29. The molecule has 0 spiro atoms. The normalized spacial score (nSPS) is 20.1. The summed E-state index contributed by atoms with van der Waals surface area (Å²) >= 11 is 0. The minimum Gasteiger partial charge on any atom is -0.447 e. The third kappa shape index (κ3) is 6.63. The number of amides is 2. The van der Waals surface area contributed by atoms with E-state index in [-0.39, 0.29) is 30.2 Å². The average molecular weight is 466 g/mol. The number of imide groups is 1. The van der Waals surface area contributed by atoms with Gasteiger partial charge in [0.25, 0.3) is 0 Å². The molecule has 4 atom stereocenters. The van der Waals surface area contributed by atoms with Gasteiger partial charge >= 0.3 is 6.09 Å². The quantitative estimate of drug-likeness (QED) is 0.526. The van der Waals surface area contributed by atoms with Crippen molar-refractivity contribution in [3.63, 3.8) is 0 Å². The summed E-state index contributed by atoms with van der Waals surface area (Å²) in [7, 11) is -0.491. The lowest BCUT2D eigenvalue weighted by atomic mass is 9.96. The molecule has 0 radical (unpaired) electrons. The first-order chi connectivity index (χ1) is 14.9. The summed E-state index contributed by atoms with van der Waals surface area (Å²) in [6.45, 7) is 12.9. The van der Waals surface area contributed by atoms with Crippen molar-refractivity contribution in [1.29, 1.82) is 0 Å². The minimum absolute atomic E-state index is 0.00927. The first-order valence-corrected chi connectivity index (χ1v) is 14.2. The van der Waals surface area contributed by atoms with Crippen LogP contribution in [0.3, 0.4) is 0 Å². The van der Waals surface area contributed by atoms with Gasteiger partial charge in [-0.2, -0.15) is 0 Å². The molecule has 0 aliphatic carbocycles. The summed E-state index contributed by atoms with van der Waals surface area (Å²) < 4.78 is 16.9. The number of cyclic esters (lactones) is 1. The molecule has 0 saturated carbocycles. The molecule has 1 aliphatic rings. The number of aliphatic hydroxyl groups is 1. The second-order valence-electron chi connectivity index (χ2n) is 10.2. The van der Waals surface area contributed by atoms with Gasteiger partial charge in [0, 0.05) is 13.5 Å². The molecular formula is C24H39NO6Si. The third-order valence-electron chi connectivity index (χ3n) is 6.60. The molecule has 1 aromatic rings. The van der Waals surface area contributed by atoms with Crippen LogP contribution in [0.4, 0.5) is 4.79 Å². The molecule has 0 unspecified atom stereocenters. The Morgan fingerprint density at radius 3 is 2.47 bits per heavy atom. The van der Waals surface area contributed by atoms with E-state index >= 15 is 0 Å². The number of methoxy groups -OCH3 is 1. The number of hydrogen-bond acceptors (Lipinski definition) is 6. The molecule has 2 amide bonds. The maximum atomic E-state index is 13.2. The Labute approximate surface area is 193 Å². The molecule has 32 heavy (non-hydrogen) atoms. The summed E-state index contributed by atoms with van der Waals surface area (Å²) in [6.07, 6.45) is -1.20. The molecule has 1 N–H and O–H groups in total. The fourth-order valence-corrected chi connectivity index (χ4v) is 4.91. The minimum atomic E-state index is -2.09. The highest BCUT2D eigenvalue weighted by Crippen LogP contribution is 2.38. The second-order valence-corrected chi connectivity index (χ2v) is 14.9. The predicted molar refractivity (Wildman–Crippen MR) is 126 cm³/mol. The fraction of sp³-hybridized carbons (Fsp3) is 0.667. The van der Waals surface area contributed by atoms with Gasteiger partial charge in [-0.25, -0.2) is 9.69 Å². The smallest absolute Gasteiger partial charge is 0.416 e.